The number of ketones is 1. The normalized spacial score (nSPS) is 23.7. The van der Waals surface area contributed by atoms with Crippen molar-refractivity contribution in [2.24, 2.45) is 11.7 Å². The Labute approximate surface area is 60.4 Å². The second-order valence-corrected chi connectivity index (χ2v) is 2.33. The molecule has 0 spiro atoms. The molecule has 0 aromatic carbocycles. The second kappa shape index (κ2) is 3.32. The molecule has 1 unspecified atom stereocenters. The molecule has 0 aromatic rings. The van der Waals surface area contributed by atoms with Gasteiger partial charge in [0.25, 0.3) is 0 Å². The Hall–Kier alpha value is -0.890. The van der Waals surface area contributed by atoms with Gasteiger partial charge in [-0.3, -0.25) is 4.79 Å². The number of allylic oxidation sites excluding steroid dienone is 4. The predicted molar refractivity (Wildman–Crippen MR) is 40.4 cm³/mol. The van der Waals surface area contributed by atoms with Crippen molar-refractivity contribution in [3.05, 3.63) is 24.3 Å². The van der Waals surface area contributed by atoms with Crippen LogP contribution in [0.4, 0.5) is 0 Å². The van der Waals surface area contributed by atoms with Gasteiger partial charge in [-0.05, 0) is 19.0 Å². The first-order valence-corrected chi connectivity index (χ1v) is 3.43. The van der Waals surface area contributed by atoms with Crippen molar-refractivity contribution in [1.29, 1.82) is 0 Å². The zero-order valence-corrected chi connectivity index (χ0v) is 5.79. The average molecular weight is 137 g/mol. The maximum absolute atomic E-state index is 11.0. The van der Waals surface area contributed by atoms with Gasteiger partial charge in [-0.2, -0.15) is 0 Å². The lowest BCUT2D eigenvalue weighted by Crippen LogP contribution is -2.15. The first kappa shape index (κ1) is 7.22. The van der Waals surface area contributed by atoms with E-state index < -0.39 is 0 Å². The van der Waals surface area contributed by atoms with Crippen LogP contribution in [0.1, 0.15) is 6.42 Å². The fourth-order valence-corrected chi connectivity index (χ4v) is 0.985. The zero-order chi connectivity index (χ0) is 7.40. The fourth-order valence-electron chi connectivity index (χ4n) is 0.985. The lowest BCUT2D eigenvalue weighted by atomic mass is 9.96. The van der Waals surface area contributed by atoms with Crippen LogP contribution < -0.4 is 5.73 Å². The molecule has 2 nitrogen and oxygen atoms in total. The smallest absolute Gasteiger partial charge is 0.162 e. The van der Waals surface area contributed by atoms with Gasteiger partial charge < -0.3 is 5.73 Å². The van der Waals surface area contributed by atoms with Crippen LogP contribution in [0, 0.1) is 5.92 Å². The van der Waals surface area contributed by atoms with Crippen molar-refractivity contribution < 1.29 is 4.79 Å². The van der Waals surface area contributed by atoms with Crippen LogP contribution in [0.3, 0.4) is 0 Å². The molecular formula is C8H11NO. The summed E-state index contributed by atoms with van der Waals surface area (Å²) in [4.78, 5) is 11.0. The maximum atomic E-state index is 11.0. The Morgan fingerprint density at radius 3 is 2.90 bits per heavy atom. The maximum Gasteiger partial charge on any atom is 0.162 e. The lowest BCUT2D eigenvalue weighted by Gasteiger charge is -2.08. The molecule has 0 saturated carbocycles. The summed E-state index contributed by atoms with van der Waals surface area (Å²) in [5.74, 6) is 0.211. The van der Waals surface area contributed by atoms with Gasteiger partial charge in [0, 0.05) is 5.92 Å². The summed E-state index contributed by atoms with van der Waals surface area (Å²) in [5.41, 5.74) is 5.31. The van der Waals surface area contributed by atoms with E-state index in [1.54, 1.807) is 12.2 Å². The summed E-state index contributed by atoms with van der Waals surface area (Å²) in [6.07, 6.45) is 7.91. The number of carbonyl (C=O) groups is 1. The molecule has 2 heteroatoms. The molecule has 0 aliphatic heterocycles. The fraction of sp³-hybridized carbons (Fsp3) is 0.375. The first-order valence-electron chi connectivity index (χ1n) is 3.43. The van der Waals surface area contributed by atoms with Gasteiger partial charge in [0.05, 0.1) is 0 Å². The molecule has 10 heavy (non-hydrogen) atoms. The number of nitrogens with two attached hydrogens (primary N) is 1. The van der Waals surface area contributed by atoms with Crippen molar-refractivity contribution in [3.8, 4) is 0 Å². The third-order valence-corrected chi connectivity index (χ3v) is 1.56. The van der Waals surface area contributed by atoms with Gasteiger partial charge in [-0.25, -0.2) is 0 Å². The summed E-state index contributed by atoms with van der Waals surface area (Å²) in [6.45, 7) is 0.578. The first-order chi connectivity index (χ1) is 4.84. The van der Waals surface area contributed by atoms with Crippen LogP contribution in [0.5, 0.6) is 0 Å². The topological polar surface area (TPSA) is 43.1 Å². The van der Waals surface area contributed by atoms with Gasteiger partial charge in [-0.15, -0.1) is 0 Å². The van der Waals surface area contributed by atoms with E-state index in [4.69, 9.17) is 5.73 Å². The Morgan fingerprint density at radius 2 is 2.30 bits per heavy atom. The molecule has 0 radical (unpaired) electrons. The van der Waals surface area contributed by atoms with Crippen molar-refractivity contribution >= 4 is 5.78 Å². The molecule has 54 valence electrons. The second-order valence-electron chi connectivity index (χ2n) is 2.33. The molecule has 0 bridgehead atoms. The SMILES string of the molecule is NCCC1C=CC=CC1=O. The molecule has 0 saturated heterocycles. The molecule has 0 fully saturated rings. The Morgan fingerprint density at radius 1 is 1.50 bits per heavy atom. The monoisotopic (exact) mass is 137 g/mol. The van der Waals surface area contributed by atoms with Crippen LogP contribution in [0.15, 0.2) is 24.3 Å². The molecule has 0 amide bonds. The minimum absolute atomic E-state index is 0.0370. The van der Waals surface area contributed by atoms with E-state index in [9.17, 15) is 4.79 Å². The predicted octanol–water partition coefficient (Wildman–Crippen LogP) is 0.647. The van der Waals surface area contributed by atoms with Crippen molar-refractivity contribution in [2.75, 3.05) is 6.54 Å². The quantitative estimate of drug-likeness (QED) is 0.607. The van der Waals surface area contributed by atoms with Crippen molar-refractivity contribution in [3.63, 3.8) is 0 Å². The average Bonchev–Trinajstić information content (AvgIpc) is 1.94. The number of hydrogen-bond acceptors (Lipinski definition) is 2. The summed E-state index contributed by atoms with van der Waals surface area (Å²) in [6, 6.07) is 0. The van der Waals surface area contributed by atoms with Crippen LogP contribution in [0.2, 0.25) is 0 Å². The highest BCUT2D eigenvalue weighted by molar-refractivity contribution is 5.94. The molecule has 1 atom stereocenters. The van der Waals surface area contributed by atoms with Gasteiger partial charge in [0.15, 0.2) is 5.78 Å². The molecule has 1 aliphatic rings. The standard InChI is InChI=1S/C8H11NO/c9-6-5-7-3-1-2-4-8(7)10/h1-4,7H,5-6,9H2. The highest BCUT2D eigenvalue weighted by Gasteiger charge is 2.12. The number of carbonyl (C=O) groups excluding carboxylic acids is 1. The number of hydrogen-bond donors (Lipinski definition) is 1. The Bertz CT molecular complexity index is 182. The highest BCUT2D eigenvalue weighted by Crippen LogP contribution is 2.10. The molecule has 1 aliphatic carbocycles. The summed E-state index contributed by atoms with van der Waals surface area (Å²) in [5, 5.41) is 0. The molecular weight excluding hydrogens is 126 g/mol. The summed E-state index contributed by atoms with van der Waals surface area (Å²) in [7, 11) is 0. The van der Waals surface area contributed by atoms with E-state index in [0.717, 1.165) is 6.42 Å². The molecule has 1 rings (SSSR count). The Kier molecular flexibility index (Phi) is 2.40. The van der Waals surface area contributed by atoms with Crippen LogP contribution in [-0.4, -0.2) is 12.3 Å². The summed E-state index contributed by atoms with van der Waals surface area (Å²) < 4.78 is 0. The van der Waals surface area contributed by atoms with Gasteiger partial charge in [0.1, 0.15) is 0 Å². The Balaban J connectivity index is 2.53. The largest absolute Gasteiger partial charge is 0.330 e. The van der Waals surface area contributed by atoms with E-state index in [-0.39, 0.29) is 11.7 Å². The van der Waals surface area contributed by atoms with Crippen molar-refractivity contribution in [1.82, 2.24) is 0 Å². The van der Waals surface area contributed by atoms with Crippen LogP contribution >= 0.6 is 0 Å². The van der Waals surface area contributed by atoms with E-state index in [2.05, 4.69) is 0 Å². The van der Waals surface area contributed by atoms with E-state index >= 15 is 0 Å². The van der Waals surface area contributed by atoms with Gasteiger partial charge >= 0.3 is 0 Å². The van der Waals surface area contributed by atoms with E-state index in [1.165, 1.54) is 0 Å². The minimum Gasteiger partial charge on any atom is -0.330 e. The third kappa shape index (κ3) is 1.54. The lowest BCUT2D eigenvalue weighted by molar-refractivity contribution is -0.117. The molecule has 0 aromatic heterocycles. The van der Waals surface area contributed by atoms with E-state index in [1.807, 2.05) is 12.2 Å². The number of rotatable bonds is 2. The minimum atomic E-state index is 0.0370. The summed E-state index contributed by atoms with van der Waals surface area (Å²) >= 11 is 0. The van der Waals surface area contributed by atoms with Crippen LogP contribution in [0.25, 0.3) is 0 Å². The zero-order valence-electron chi connectivity index (χ0n) is 5.79. The highest BCUT2D eigenvalue weighted by atomic mass is 16.1. The van der Waals surface area contributed by atoms with Crippen LogP contribution in [-0.2, 0) is 4.79 Å². The van der Waals surface area contributed by atoms with Gasteiger partial charge in [0.2, 0.25) is 0 Å². The molecule has 0 heterocycles. The van der Waals surface area contributed by atoms with Crippen molar-refractivity contribution in [2.45, 2.75) is 6.42 Å². The van der Waals surface area contributed by atoms with E-state index in [0.29, 0.717) is 6.54 Å². The van der Waals surface area contributed by atoms with Gasteiger partial charge in [-0.1, -0.05) is 18.2 Å². The molecule has 2 N–H and O–H groups in total. The third-order valence-electron chi connectivity index (χ3n) is 1.56.